The highest BCUT2D eigenvalue weighted by Gasteiger charge is 2.21. The maximum atomic E-state index is 5.10. The Bertz CT molecular complexity index is 278. The predicted octanol–water partition coefficient (Wildman–Crippen LogP) is 1.15. The molecule has 0 aromatic rings. The second-order valence-corrected chi connectivity index (χ2v) is 3.06. The first-order valence-corrected chi connectivity index (χ1v) is 4.08. The van der Waals surface area contributed by atoms with Crippen molar-refractivity contribution in [1.29, 1.82) is 0 Å². The summed E-state index contributed by atoms with van der Waals surface area (Å²) in [6, 6.07) is 0.400. The van der Waals surface area contributed by atoms with Gasteiger partial charge in [-0.25, -0.2) is 0 Å². The van der Waals surface area contributed by atoms with E-state index in [1.165, 1.54) is 0 Å². The quantitative estimate of drug-likeness (QED) is 0.580. The van der Waals surface area contributed by atoms with Crippen molar-refractivity contribution in [3.05, 3.63) is 24.1 Å². The van der Waals surface area contributed by atoms with Crippen LogP contribution in [0.25, 0.3) is 0 Å². The fourth-order valence-electron chi connectivity index (χ4n) is 1.44. The molecule has 0 unspecified atom stereocenters. The van der Waals surface area contributed by atoms with Crippen LogP contribution in [0.4, 0.5) is 0 Å². The maximum Gasteiger partial charge on any atom is 0.131 e. The van der Waals surface area contributed by atoms with E-state index in [1.54, 1.807) is 7.11 Å². The molecule has 0 aromatic heterocycles. The van der Waals surface area contributed by atoms with Crippen LogP contribution in [0, 0.1) is 0 Å². The summed E-state index contributed by atoms with van der Waals surface area (Å²) in [4.78, 5) is 6.58. The lowest BCUT2D eigenvalue weighted by Crippen LogP contribution is -2.24. The molecule has 3 heteroatoms. The van der Waals surface area contributed by atoms with Gasteiger partial charge in [0, 0.05) is 18.8 Å². The molecule has 0 radical (unpaired) electrons. The Labute approximate surface area is 72.0 Å². The molecule has 0 N–H and O–H groups in total. The number of allylic oxidation sites excluding steroid dienone is 1. The number of fused-ring (bicyclic) bond motifs is 1. The molecule has 0 amide bonds. The summed E-state index contributed by atoms with van der Waals surface area (Å²) in [6.07, 6.45) is 5.93. The van der Waals surface area contributed by atoms with Crippen molar-refractivity contribution in [1.82, 2.24) is 4.90 Å². The van der Waals surface area contributed by atoms with E-state index in [4.69, 9.17) is 4.74 Å². The number of nitrogens with zero attached hydrogens (tertiary/aromatic N) is 2. The van der Waals surface area contributed by atoms with E-state index in [0.717, 1.165) is 18.1 Å². The molecular formula is C9H12N2O. The molecule has 2 aliphatic heterocycles. The third-order valence-corrected chi connectivity index (χ3v) is 2.03. The summed E-state index contributed by atoms with van der Waals surface area (Å²) in [6.45, 7) is 3.10. The van der Waals surface area contributed by atoms with Crippen molar-refractivity contribution in [3.63, 3.8) is 0 Å². The topological polar surface area (TPSA) is 24.8 Å². The fourth-order valence-corrected chi connectivity index (χ4v) is 1.44. The summed E-state index contributed by atoms with van der Waals surface area (Å²) in [7, 11) is 1.67. The molecule has 2 heterocycles. The summed E-state index contributed by atoms with van der Waals surface area (Å²) in [5.74, 6) is 1.89. The first-order valence-electron chi connectivity index (χ1n) is 4.08. The predicted molar refractivity (Wildman–Crippen MR) is 47.8 cm³/mol. The average molecular weight is 164 g/mol. The van der Waals surface area contributed by atoms with Crippen LogP contribution in [0.5, 0.6) is 0 Å². The third-order valence-electron chi connectivity index (χ3n) is 2.03. The first-order chi connectivity index (χ1) is 5.79. The van der Waals surface area contributed by atoms with Gasteiger partial charge in [-0.2, -0.15) is 0 Å². The number of rotatable bonds is 1. The molecule has 0 bridgehead atoms. The van der Waals surface area contributed by atoms with Crippen molar-refractivity contribution < 1.29 is 4.74 Å². The zero-order valence-corrected chi connectivity index (χ0v) is 7.32. The Balaban J connectivity index is 2.25. The van der Waals surface area contributed by atoms with Gasteiger partial charge in [0.1, 0.15) is 11.6 Å². The molecular weight excluding hydrogens is 152 g/mol. The Morgan fingerprint density at radius 2 is 2.50 bits per heavy atom. The number of hydrogen-bond acceptors (Lipinski definition) is 3. The van der Waals surface area contributed by atoms with Gasteiger partial charge in [-0.3, -0.25) is 4.99 Å². The van der Waals surface area contributed by atoms with Gasteiger partial charge in [-0.15, -0.1) is 0 Å². The molecule has 2 rings (SSSR count). The lowest BCUT2D eigenvalue weighted by atomic mass is 10.3. The van der Waals surface area contributed by atoms with Crippen LogP contribution in [-0.4, -0.2) is 30.4 Å². The second kappa shape index (κ2) is 2.66. The van der Waals surface area contributed by atoms with Gasteiger partial charge in [0.05, 0.1) is 13.2 Å². The SMILES string of the molecule is COC1=CC2=N[C@H](C)CN2C=C1. The molecule has 64 valence electrons. The van der Waals surface area contributed by atoms with Crippen molar-refractivity contribution in [2.75, 3.05) is 13.7 Å². The molecule has 0 aromatic carbocycles. The second-order valence-electron chi connectivity index (χ2n) is 3.06. The third kappa shape index (κ3) is 1.11. The van der Waals surface area contributed by atoms with Gasteiger partial charge < -0.3 is 9.64 Å². The molecule has 1 atom stereocenters. The van der Waals surface area contributed by atoms with E-state index in [1.807, 2.05) is 18.4 Å². The highest BCUT2D eigenvalue weighted by atomic mass is 16.5. The van der Waals surface area contributed by atoms with E-state index in [0.29, 0.717) is 6.04 Å². The summed E-state index contributed by atoms with van der Waals surface area (Å²) < 4.78 is 5.10. The van der Waals surface area contributed by atoms with Crippen LogP contribution in [0.1, 0.15) is 6.92 Å². The molecule has 12 heavy (non-hydrogen) atoms. The van der Waals surface area contributed by atoms with Crippen molar-refractivity contribution >= 4 is 5.84 Å². The number of aliphatic imine (C=N–C) groups is 1. The zero-order chi connectivity index (χ0) is 8.55. The lowest BCUT2D eigenvalue weighted by molar-refractivity contribution is 0.304. The summed E-state index contributed by atoms with van der Waals surface area (Å²) in [5.41, 5.74) is 0. The molecule has 0 spiro atoms. The van der Waals surface area contributed by atoms with Gasteiger partial charge in [-0.1, -0.05) is 0 Å². The van der Waals surface area contributed by atoms with E-state index in [-0.39, 0.29) is 0 Å². The van der Waals surface area contributed by atoms with Gasteiger partial charge in [0.15, 0.2) is 0 Å². The summed E-state index contributed by atoms with van der Waals surface area (Å²) >= 11 is 0. The van der Waals surface area contributed by atoms with E-state index in [2.05, 4.69) is 16.8 Å². The van der Waals surface area contributed by atoms with Gasteiger partial charge in [-0.05, 0) is 13.0 Å². The van der Waals surface area contributed by atoms with Crippen LogP contribution >= 0.6 is 0 Å². The van der Waals surface area contributed by atoms with E-state index in [9.17, 15) is 0 Å². The van der Waals surface area contributed by atoms with Gasteiger partial charge >= 0.3 is 0 Å². The smallest absolute Gasteiger partial charge is 0.131 e. The molecule has 0 saturated carbocycles. The van der Waals surface area contributed by atoms with Crippen LogP contribution in [0.3, 0.4) is 0 Å². The van der Waals surface area contributed by atoms with E-state index >= 15 is 0 Å². The minimum absolute atomic E-state index is 0.400. The average Bonchev–Trinajstić information content (AvgIpc) is 2.43. The first kappa shape index (κ1) is 7.40. The highest BCUT2D eigenvalue weighted by Crippen LogP contribution is 2.16. The fraction of sp³-hybridized carbons (Fsp3) is 0.444. The van der Waals surface area contributed by atoms with Crippen molar-refractivity contribution in [2.45, 2.75) is 13.0 Å². The van der Waals surface area contributed by atoms with Crippen molar-refractivity contribution in [3.8, 4) is 0 Å². The number of hydrogen-bond donors (Lipinski definition) is 0. The largest absolute Gasteiger partial charge is 0.497 e. The minimum atomic E-state index is 0.400. The number of ether oxygens (including phenoxy) is 1. The summed E-state index contributed by atoms with van der Waals surface area (Å²) in [5, 5.41) is 0. The van der Waals surface area contributed by atoms with Crippen LogP contribution in [0.2, 0.25) is 0 Å². The van der Waals surface area contributed by atoms with Gasteiger partial charge in [0.2, 0.25) is 0 Å². The Hall–Kier alpha value is -1.25. The van der Waals surface area contributed by atoms with Crippen molar-refractivity contribution in [2.24, 2.45) is 4.99 Å². The normalized spacial score (nSPS) is 26.5. The standard InChI is InChI=1S/C9H12N2O/c1-7-6-11-4-3-8(12-2)5-9(11)10-7/h3-5,7H,6H2,1-2H3/t7-/m1/s1. The molecule has 0 fully saturated rings. The van der Waals surface area contributed by atoms with Gasteiger partial charge in [0.25, 0.3) is 0 Å². The molecule has 2 aliphatic rings. The highest BCUT2D eigenvalue weighted by molar-refractivity contribution is 5.96. The maximum absolute atomic E-state index is 5.10. The van der Waals surface area contributed by atoms with E-state index < -0.39 is 0 Å². The number of methoxy groups -OCH3 is 1. The molecule has 3 nitrogen and oxygen atoms in total. The molecule has 0 aliphatic carbocycles. The van der Waals surface area contributed by atoms with Crippen LogP contribution in [-0.2, 0) is 4.74 Å². The van der Waals surface area contributed by atoms with Crippen LogP contribution in [0.15, 0.2) is 29.1 Å². The Kier molecular flexibility index (Phi) is 1.64. The van der Waals surface area contributed by atoms with Crippen LogP contribution < -0.4 is 0 Å². The number of amidine groups is 1. The monoisotopic (exact) mass is 164 g/mol. The molecule has 0 saturated heterocycles. The minimum Gasteiger partial charge on any atom is -0.497 e. The Morgan fingerprint density at radius 1 is 1.67 bits per heavy atom. The Morgan fingerprint density at radius 3 is 3.25 bits per heavy atom. The zero-order valence-electron chi connectivity index (χ0n) is 7.32. The lowest BCUT2D eigenvalue weighted by Gasteiger charge is -2.17.